The molecule has 2 rings (SSSR count). The molecule has 11 heavy (non-hydrogen) atoms. The molecule has 0 aromatic carbocycles. The van der Waals surface area contributed by atoms with E-state index in [9.17, 15) is 5.11 Å². The van der Waals surface area contributed by atoms with Gasteiger partial charge in [-0.25, -0.2) is 0 Å². The van der Waals surface area contributed by atoms with Crippen molar-refractivity contribution in [3.63, 3.8) is 0 Å². The molecule has 0 aromatic heterocycles. The first-order valence-electron chi connectivity index (χ1n) is 4.06. The molecule has 0 amide bonds. The van der Waals surface area contributed by atoms with E-state index < -0.39 is 11.4 Å². The Morgan fingerprint density at radius 2 is 2.00 bits per heavy atom. The Morgan fingerprint density at radius 1 is 1.36 bits per heavy atom. The fraction of sp³-hybridized carbons (Fsp3) is 1.00. The largest absolute Gasteiger partial charge is 0.387 e. The first-order chi connectivity index (χ1) is 5.02. The quantitative estimate of drug-likeness (QED) is 0.609. The Hall–Kier alpha value is -0.120. The van der Waals surface area contributed by atoms with Gasteiger partial charge in [-0.3, -0.25) is 0 Å². The van der Waals surface area contributed by atoms with Crippen molar-refractivity contribution in [1.29, 1.82) is 0 Å². The van der Waals surface area contributed by atoms with Crippen molar-refractivity contribution >= 4 is 0 Å². The van der Waals surface area contributed by atoms with Crippen LogP contribution >= 0.6 is 0 Å². The second-order valence-electron chi connectivity index (χ2n) is 3.92. The number of hydrogen-bond acceptors (Lipinski definition) is 3. The summed E-state index contributed by atoms with van der Waals surface area (Å²) in [6, 6.07) is 0. The Labute approximate surface area is 66.3 Å². The van der Waals surface area contributed by atoms with Gasteiger partial charge in [0.05, 0.1) is 12.2 Å². The SMILES string of the molecule is CC1(C)OC[C@H](C2(O)CC2)O1. The van der Waals surface area contributed by atoms with Crippen LogP contribution in [0.25, 0.3) is 0 Å². The van der Waals surface area contributed by atoms with Crippen molar-refractivity contribution in [2.45, 2.75) is 44.2 Å². The van der Waals surface area contributed by atoms with Gasteiger partial charge >= 0.3 is 0 Å². The van der Waals surface area contributed by atoms with Crippen LogP contribution in [0.3, 0.4) is 0 Å². The van der Waals surface area contributed by atoms with E-state index >= 15 is 0 Å². The normalized spacial score (nSPS) is 39.0. The lowest BCUT2D eigenvalue weighted by atomic mass is 10.2. The van der Waals surface area contributed by atoms with Gasteiger partial charge in [0.15, 0.2) is 5.79 Å². The fourth-order valence-corrected chi connectivity index (χ4v) is 1.40. The molecule has 1 aliphatic heterocycles. The summed E-state index contributed by atoms with van der Waals surface area (Å²) in [5.74, 6) is -0.497. The van der Waals surface area contributed by atoms with Gasteiger partial charge in [-0.1, -0.05) is 0 Å². The standard InChI is InChI=1S/C8H14O3/c1-7(2)10-5-6(11-7)8(9)3-4-8/h6,9H,3-5H2,1-2H3/t6-/m1/s1. The van der Waals surface area contributed by atoms with Crippen LogP contribution in [0, 0.1) is 0 Å². The molecule has 1 heterocycles. The zero-order valence-electron chi connectivity index (χ0n) is 6.96. The van der Waals surface area contributed by atoms with Crippen LogP contribution in [0.2, 0.25) is 0 Å². The van der Waals surface area contributed by atoms with Gasteiger partial charge in [-0.15, -0.1) is 0 Å². The fourth-order valence-electron chi connectivity index (χ4n) is 1.40. The minimum absolute atomic E-state index is 0.0995. The number of aliphatic hydroxyl groups is 1. The molecule has 0 bridgehead atoms. The molecule has 2 aliphatic rings. The topological polar surface area (TPSA) is 38.7 Å². The van der Waals surface area contributed by atoms with Crippen LogP contribution < -0.4 is 0 Å². The van der Waals surface area contributed by atoms with Gasteiger partial charge in [-0.2, -0.15) is 0 Å². The van der Waals surface area contributed by atoms with Crippen LogP contribution in [0.4, 0.5) is 0 Å². The van der Waals surface area contributed by atoms with E-state index in [-0.39, 0.29) is 6.10 Å². The predicted molar refractivity (Wildman–Crippen MR) is 39.1 cm³/mol. The van der Waals surface area contributed by atoms with Crippen molar-refractivity contribution in [3.8, 4) is 0 Å². The van der Waals surface area contributed by atoms with Gasteiger partial charge in [0.2, 0.25) is 0 Å². The molecule has 3 heteroatoms. The Bertz CT molecular complexity index is 172. The summed E-state index contributed by atoms with van der Waals surface area (Å²) < 4.78 is 10.8. The summed E-state index contributed by atoms with van der Waals surface area (Å²) in [5.41, 5.74) is -0.562. The maximum Gasteiger partial charge on any atom is 0.163 e. The zero-order chi connectivity index (χ0) is 8.11. The molecule has 0 unspecified atom stereocenters. The molecule has 1 saturated carbocycles. The van der Waals surface area contributed by atoms with Crippen LogP contribution in [0.1, 0.15) is 26.7 Å². The zero-order valence-corrected chi connectivity index (χ0v) is 6.96. The summed E-state index contributed by atoms with van der Waals surface area (Å²) >= 11 is 0. The van der Waals surface area contributed by atoms with E-state index in [4.69, 9.17) is 9.47 Å². The van der Waals surface area contributed by atoms with Crippen LogP contribution in [0.5, 0.6) is 0 Å². The molecule has 1 aliphatic carbocycles. The molecule has 0 radical (unpaired) electrons. The smallest absolute Gasteiger partial charge is 0.163 e. The molecular weight excluding hydrogens is 144 g/mol. The highest BCUT2D eigenvalue weighted by molar-refractivity contribution is 5.02. The maximum atomic E-state index is 9.66. The number of ether oxygens (including phenoxy) is 2. The minimum atomic E-state index is -0.562. The summed E-state index contributed by atoms with van der Waals surface area (Å²) in [5, 5.41) is 9.66. The van der Waals surface area contributed by atoms with Gasteiger partial charge in [-0.05, 0) is 26.7 Å². The second kappa shape index (κ2) is 1.97. The lowest BCUT2D eigenvalue weighted by Gasteiger charge is -2.19. The van der Waals surface area contributed by atoms with Crippen molar-refractivity contribution < 1.29 is 14.6 Å². The van der Waals surface area contributed by atoms with Gasteiger partial charge in [0.1, 0.15) is 6.10 Å². The molecule has 64 valence electrons. The van der Waals surface area contributed by atoms with Crippen LogP contribution in [-0.4, -0.2) is 29.2 Å². The van der Waals surface area contributed by atoms with Gasteiger partial charge in [0.25, 0.3) is 0 Å². The van der Waals surface area contributed by atoms with Crippen LogP contribution in [-0.2, 0) is 9.47 Å². The van der Waals surface area contributed by atoms with E-state index in [0.29, 0.717) is 6.61 Å². The summed E-state index contributed by atoms with van der Waals surface area (Å²) in [4.78, 5) is 0. The lowest BCUT2D eigenvalue weighted by Crippen LogP contribution is -2.32. The van der Waals surface area contributed by atoms with Crippen molar-refractivity contribution in [1.82, 2.24) is 0 Å². The lowest BCUT2D eigenvalue weighted by molar-refractivity contribution is -0.154. The third-order valence-corrected chi connectivity index (χ3v) is 2.37. The molecular formula is C8H14O3. The highest BCUT2D eigenvalue weighted by atomic mass is 16.7. The first-order valence-corrected chi connectivity index (χ1v) is 4.06. The minimum Gasteiger partial charge on any atom is -0.387 e. The first kappa shape index (κ1) is 7.53. The Morgan fingerprint density at radius 3 is 2.36 bits per heavy atom. The van der Waals surface area contributed by atoms with E-state index in [0.717, 1.165) is 12.8 Å². The van der Waals surface area contributed by atoms with E-state index in [1.165, 1.54) is 0 Å². The number of rotatable bonds is 1. The molecule has 1 N–H and O–H groups in total. The van der Waals surface area contributed by atoms with Crippen molar-refractivity contribution in [3.05, 3.63) is 0 Å². The van der Waals surface area contributed by atoms with Crippen molar-refractivity contribution in [2.75, 3.05) is 6.61 Å². The molecule has 1 saturated heterocycles. The van der Waals surface area contributed by atoms with Gasteiger partial charge in [0, 0.05) is 0 Å². The molecule has 2 fully saturated rings. The third-order valence-electron chi connectivity index (χ3n) is 2.37. The highest BCUT2D eigenvalue weighted by Crippen LogP contribution is 2.43. The van der Waals surface area contributed by atoms with E-state index in [1.807, 2.05) is 13.8 Å². The molecule has 1 atom stereocenters. The Balaban J connectivity index is 2.00. The summed E-state index contributed by atoms with van der Waals surface area (Å²) in [7, 11) is 0. The van der Waals surface area contributed by atoms with Crippen molar-refractivity contribution in [2.24, 2.45) is 0 Å². The van der Waals surface area contributed by atoms with Gasteiger partial charge < -0.3 is 14.6 Å². The summed E-state index contributed by atoms with van der Waals surface area (Å²) in [6.45, 7) is 4.28. The van der Waals surface area contributed by atoms with E-state index in [1.54, 1.807) is 0 Å². The number of hydrogen-bond donors (Lipinski definition) is 1. The summed E-state index contributed by atoms with van der Waals surface area (Å²) in [6.07, 6.45) is 1.62. The molecule has 3 nitrogen and oxygen atoms in total. The molecule has 0 aromatic rings. The highest BCUT2D eigenvalue weighted by Gasteiger charge is 2.53. The maximum absolute atomic E-state index is 9.66. The second-order valence-corrected chi connectivity index (χ2v) is 3.92. The predicted octanol–water partition coefficient (Wildman–Crippen LogP) is 0.663. The van der Waals surface area contributed by atoms with Crippen LogP contribution in [0.15, 0.2) is 0 Å². The van der Waals surface area contributed by atoms with E-state index in [2.05, 4.69) is 0 Å². The monoisotopic (exact) mass is 158 g/mol. The third kappa shape index (κ3) is 1.28. The average Bonchev–Trinajstić information content (AvgIpc) is 2.51. The Kier molecular flexibility index (Phi) is 1.35. The average molecular weight is 158 g/mol. The molecule has 0 spiro atoms.